The number of nitrogens with zero attached hydrogens (tertiary/aromatic N) is 4. The Morgan fingerprint density at radius 3 is 2.74 bits per heavy atom. The van der Waals surface area contributed by atoms with Gasteiger partial charge in [0.15, 0.2) is 4.34 Å². The second-order valence-corrected chi connectivity index (χ2v) is 8.66. The van der Waals surface area contributed by atoms with E-state index in [0.717, 1.165) is 33.0 Å². The highest BCUT2D eigenvalue weighted by atomic mass is 32.2. The molecule has 0 aliphatic heterocycles. The van der Waals surface area contributed by atoms with Crippen molar-refractivity contribution in [1.82, 2.24) is 25.7 Å². The van der Waals surface area contributed by atoms with Crippen LogP contribution in [0.25, 0.3) is 0 Å². The smallest absolute Gasteiger partial charge is 0.282 e. The summed E-state index contributed by atoms with van der Waals surface area (Å²) in [5.74, 6) is -0.0271. The van der Waals surface area contributed by atoms with Gasteiger partial charge in [0.1, 0.15) is 10.8 Å². The molecule has 2 heterocycles. The van der Waals surface area contributed by atoms with Gasteiger partial charge >= 0.3 is 0 Å². The first-order valence-corrected chi connectivity index (χ1v) is 10.8. The minimum absolute atomic E-state index is 0.296. The van der Waals surface area contributed by atoms with Crippen LogP contribution in [0.5, 0.6) is 0 Å². The van der Waals surface area contributed by atoms with Crippen LogP contribution in [0.1, 0.15) is 33.7 Å². The summed E-state index contributed by atoms with van der Waals surface area (Å²) >= 11 is 4.25. The number of nitrogens with one attached hydrogen (secondary N) is 2. The van der Waals surface area contributed by atoms with Crippen LogP contribution in [-0.4, -0.2) is 32.8 Å². The zero-order valence-corrected chi connectivity index (χ0v) is 16.9. The number of thioether (sulfide) groups is 1. The zero-order valence-electron chi connectivity index (χ0n) is 14.4. The molecule has 0 aliphatic rings. The van der Waals surface area contributed by atoms with Gasteiger partial charge in [0.25, 0.3) is 5.91 Å². The molecular weight excluding hydrogens is 407 g/mol. The molecule has 0 saturated heterocycles. The molecule has 3 rings (SSSR count). The molecule has 142 valence electrons. The fraction of sp³-hybridized carbons (Fsp3) is 0.312. The molecule has 0 fully saturated rings. The predicted octanol–water partition coefficient (Wildman–Crippen LogP) is 3.57. The van der Waals surface area contributed by atoms with Crippen molar-refractivity contribution in [3.63, 3.8) is 0 Å². The monoisotopic (exact) mass is 424 g/mol. The SMILES string of the molecule is CCCNc1nnc(SCc2nnc(C(=O)NCc3ccc(F)cc3)s2)s1. The Morgan fingerprint density at radius 2 is 1.96 bits per heavy atom. The lowest BCUT2D eigenvalue weighted by molar-refractivity contribution is 0.0950. The summed E-state index contributed by atoms with van der Waals surface area (Å²) in [7, 11) is 0. The van der Waals surface area contributed by atoms with Crippen LogP contribution in [0.3, 0.4) is 0 Å². The Hall–Kier alpha value is -2.11. The van der Waals surface area contributed by atoms with Crippen molar-refractivity contribution in [3.8, 4) is 0 Å². The molecule has 2 aromatic heterocycles. The van der Waals surface area contributed by atoms with Crippen LogP contribution in [0.4, 0.5) is 9.52 Å². The summed E-state index contributed by atoms with van der Waals surface area (Å²) in [6, 6.07) is 5.98. The molecule has 27 heavy (non-hydrogen) atoms. The van der Waals surface area contributed by atoms with Crippen molar-refractivity contribution in [2.24, 2.45) is 0 Å². The first kappa shape index (κ1) is 19.6. The quantitative estimate of drug-likeness (QED) is 0.507. The molecule has 7 nitrogen and oxygen atoms in total. The molecule has 1 amide bonds. The summed E-state index contributed by atoms with van der Waals surface area (Å²) in [6.07, 6.45) is 1.03. The lowest BCUT2D eigenvalue weighted by Gasteiger charge is -2.02. The molecule has 0 radical (unpaired) electrons. The van der Waals surface area contributed by atoms with Gasteiger partial charge in [0.05, 0.1) is 5.75 Å². The highest BCUT2D eigenvalue weighted by Crippen LogP contribution is 2.29. The molecular formula is C16H17FN6OS3. The lowest BCUT2D eigenvalue weighted by Crippen LogP contribution is -2.22. The average molecular weight is 425 g/mol. The van der Waals surface area contributed by atoms with Gasteiger partial charge in [-0.25, -0.2) is 4.39 Å². The van der Waals surface area contributed by atoms with Gasteiger partial charge in [0.2, 0.25) is 10.1 Å². The van der Waals surface area contributed by atoms with E-state index in [9.17, 15) is 9.18 Å². The number of halogens is 1. The van der Waals surface area contributed by atoms with E-state index < -0.39 is 0 Å². The van der Waals surface area contributed by atoms with E-state index in [1.165, 1.54) is 46.6 Å². The zero-order chi connectivity index (χ0) is 19.1. The van der Waals surface area contributed by atoms with E-state index in [0.29, 0.717) is 17.3 Å². The normalized spacial score (nSPS) is 10.7. The number of anilines is 1. The van der Waals surface area contributed by atoms with Gasteiger partial charge < -0.3 is 10.6 Å². The number of benzene rings is 1. The van der Waals surface area contributed by atoms with Crippen LogP contribution in [0.15, 0.2) is 28.6 Å². The van der Waals surface area contributed by atoms with E-state index in [1.807, 2.05) is 0 Å². The Balaban J connectivity index is 1.48. The van der Waals surface area contributed by atoms with Crippen LogP contribution in [-0.2, 0) is 12.3 Å². The fourth-order valence-corrected chi connectivity index (χ4v) is 4.48. The number of aromatic nitrogens is 4. The number of amides is 1. The summed E-state index contributed by atoms with van der Waals surface area (Å²) < 4.78 is 13.7. The second kappa shape index (κ2) is 9.72. The number of carbonyl (C=O) groups is 1. The maximum Gasteiger partial charge on any atom is 0.282 e. The molecule has 0 bridgehead atoms. The minimum Gasteiger partial charge on any atom is -0.360 e. The van der Waals surface area contributed by atoms with Crippen LogP contribution < -0.4 is 10.6 Å². The van der Waals surface area contributed by atoms with Crippen LogP contribution in [0.2, 0.25) is 0 Å². The predicted molar refractivity (Wildman–Crippen MR) is 106 cm³/mol. The Bertz CT molecular complexity index is 882. The maximum absolute atomic E-state index is 12.9. The standard InChI is InChI=1S/C16H17FN6OS3/c1-2-7-18-15-22-23-16(27-15)25-9-12-20-21-14(26-12)13(24)19-8-10-3-5-11(17)6-4-10/h3-6H,2,7-9H2,1H3,(H,18,22)(H,19,24). The third-order valence-electron chi connectivity index (χ3n) is 3.28. The van der Waals surface area contributed by atoms with Crippen molar-refractivity contribution < 1.29 is 9.18 Å². The van der Waals surface area contributed by atoms with Gasteiger partial charge in [-0.05, 0) is 24.1 Å². The Labute approximate surface area is 167 Å². The van der Waals surface area contributed by atoms with Crippen molar-refractivity contribution in [3.05, 3.63) is 45.7 Å². The number of hydrogen-bond acceptors (Lipinski definition) is 9. The highest BCUT2D eigenvalue weighted by Gasteiger charge is 2.14. The third kappa shape index (κ3) is 5.94. The summed E-state index contributed by atoms with van der Waals surface area (Å²) in [6.45, 7) is 3.26. The van der Waals surface area contributed by atoms with Crippen LogP contribution in [0, 0.1) is 5.82 Å². The first-order chi connectivity index (χ1) is 13.1. The summed E-state index contributed by atoms with van der Waals surface area (Å²) in [5.41, 5.74) is 0.814. The fourth-order valence-electron chi connectivity index (χ4n) is 1.96. The van der Waals surface area contributed by atoms with Gasteiger partial charge in [-0.1, -0.05) is 53.5 Å². The van der Waals surface area contributed by atoms with E-state index in [4.69, 9.17) is 0 Å². The number of rotatable bonds is 9. The molecule has 3 aromatic rings. The molecule has 0 atom stereocenters. The minimum atomic E-state index is -0.306. The van der Waals surface area contributed by atoms with E-state index in [-0.39, 0.29) is 11.7 Å². The topological polar surface area (TPSA) is 92.7 Å². The van der Waals surface area contributed by atoms with Gasteiger partial charge in [-0.3, -0.25) is 4.79 Å². The maximum atomic E-state index is 12.9. The largest absolute Gasteiger partial charge is 0.360 e. The summed E-state index contributed by atoms with van der Waals surface area (Å²) in [4.78, 5) is 12.2. The Kier molecular flexibility index (Phi) is 7.07. The number of hydrogen-bond donors (Lipinski definition) is 2. The van der Waals surface area contributed by atoms with Crippen molar-refractivity contribution in [1.29, 1.82) is 0 Å². The Morgan fingerprint density at radius 1 is 1.15 bits per heavy atom. The molecule has 0 saturated carbocycles. The van der Waals surface area contributed by atoms with Crippen molar-refractivity contribution in [2.75, 3.05) is 11.9 Å². The van der Waals surface area contributed by atoms with Crippen molar-refractivity contribution in [2.45, 2.75) is 30.0 Å². The van der Waals surface area contributed by atoms with E-state index >= 15 is 0 Å². The molecule has 0 spiro atoms. The molecule has 0 aliphatic carbocycles. The van der Waals surface area contributed by atoms with Crippen LogP contribution >= 0.6 is 34.4 Å². The molecule has 0 unspecified atom stereocenters. The van der Waals surface area contributed by atoms with E-state index in [1.54, 1.807) is 12.1 Å². The molecule has 11 heteroatoms. The van der Waals surface area contributed by atoms with Gasteiger partial charge in [0, 0.05) is 13.1 Å². The third-order valence-corrected chi connectivity index (χ3v) is 6.41. The molecule has 1 aromatic carbocycles. The van der Waals surface area contributed by atoms with Gasteiger partial charge in [-0.15, -0.1) is 20.4 Å². The first-order valence-electron chi connectivity index (χ1n) is 8.19. The lowest BCUT2D eigenvalue weighted by atomic mass is 10.2. The molecule has 2 N–H and O–H groups in total. The highest BCUT2D eigenvalue weighted by molar-refractivity contribution is 8.00. The average Bonchev–Trinajstić information content (AvgIpc) is 3.33. The second-order valence-electron chi connectivity index (χ2n) is 5.40. The van der Waals surface area contributed by atoms with E-state index in [2.05, 4.69) is 38.0 Å². The van der Waals surface area contributed by atoms with Gasteiger partial charge in [-0.2, -0.15) is 0 Å². The number of carbonyl (C=O) groups excluding carboxylic acids is 1. The summed E-state index contributed by atoms with van der Waals surface area (Å²) in [5, 5.41) is 24.0. The van der Waals surface area contributed by atoms with Crippen molar-refractivity contribution >= 4 is 45.5 Å².